The molecule has 0 aliphatic rings. The number of anilines is 2. The quantitative estimate of drug-likeness (QED) is 0.227. The molecule has 5 aromatic rings. The van der Waals surface area contributed by atoms with Crippen LogP contribution < -0.4 is 5.32 Å². The van der Waals surface area contributed by atoms with Crippen LogP contribution in [-0.4, -0.2) is 40.3 Å². The van der Waals surface area contributed by atoms with Crippen molar-refractivity contribution in [2.24, 2.45) is 0 Å². The Bertz CT molecular complexity index is 1610. The maximum absolute atomic E-state index is 13.7. The van der Waals surface area contributed by atoms with Crippen LogP contribution in [0.3, 0.4) is 0 Å². The summed E-state index contributed by atoms with van der Waals surface area (Å²) in [6.45, 7) is 3.05. The van der Waals surface area contributed by atoms with E-state index in [1.807, 2.05) is 13.0 Å². The molecule has 37 heavy (non-hydrogen) atoms. The SMILES string of the molecule is CC(=O)c1ccc(-n2cnc3cc(Nc4ccc(C)nn4)ccc32)nc1-n1nc(C(F)F)cc1C(F)F. The van der Waals surface area contributed by atoms with E-state index in [-0.39, 0.29) is 17.2 Å². The zero-order valence-corrected chi connectivity index (χ0v) is 19.4. The largest absolute Gasteiger partial charge is 0.339 e. The smallest absolute Gasteiger partial charge is 0.282 e. The number of hydrogen-bond acceptors (Lipinski definition) is 7. The van der Waals surface area contributed by atoms with Gasteiger partial charge in [-0.1, -0.05) is 0 Å². The van der Waals surface area contributed by atoms with Crippen molar-refractivity contribution in [3.05, 3.63) is 77.5 Å². The highest BCUT2D eigenvalue weighted by atomic mass is 19.3. The first-order valence-electron chi connectivity index (χ1n) is 10.9. The molecule has 0 amide bonds. The fraction of sp³-hybridized carbons (Fsp3) is 0.167. The van der Waals surface area contributed by atoms with Crippen LogP contribution in [-0.2, 0) is 0 Å². The molecule has 0 saturated heterocycles. The second-order valence-corrected chi connectivity index (χ2v) is 8.11. The number of imidazole rings is 1. The van der Waals surface area contributed by atoms with Crippen molar-refractivity contribution < 1.29 is 22.4 Å². The van der Waals surface area contributed by atoms with Crippen molar-refractivity contribution in [2.75, 3.05) is 5.32 Å². The average Bonchev–Trinajstić information content (AvgIpc) is 3.50. The van der Waals surface area contributed by atoms with Crippen molar-refractivity contribution in [3.8, 4) is 11.6 Å². The molecular formula is C24H18F4N8O. The van der Waals surface area contributed by atoms with Gasteiger partial charge in [0.05, 0.1) is 22.3 Å². The number of rotatable bonds is 7. The van der Waals surface area contributed by atoms with Crippen molar-refractivity contribution in [1.29, 1.82) is 0 Å². The Kier molecular flexibility index (Phi) is 6.11. The van der Waals surface area contributed by atoms with Gasteiger partial charge < -0.3 is 5.32 Å². The Morgan fingerprint density at radius 1 is 0.973 bits per heavy atom. The topological polar surface area (TPSA) is 103 Å². The summed E-state index contributed by atoms with van der Waals surface area (Å²) in [6, 6.07) is 12.4. The highest BCUT2D eigenvalue weighted by molar-refractivity contribution is 5.97. The van der Waals surface area contributed by atoms with Gasteiger partial charge >= 0.3 is 0 Å². The van der Waals surface area contributed by atoms with E-state index in [9.17, 15) is 22.4 Å². The third-order valence-electron chi connectivity index (χ3n) is 5.51. The van der Waals surface area contributed by atoms with Gasteiger partial charge in [-0.25, -0.2) is 32.2 Å². The van der Waals surface area contributed by atoms with Crippen molar-refractivity contribution in [3.63, 3.8) is 0 Å². The molecule has 5 rings (SSSR count). The van der Waals surface area contributed by atoms with Crippen molar-refractivity contribution >= 4 is 28.3 Å². The molecule has 13 heteroatoms. The summed E-state index contributed by atoms with van der Waals surface area (Å²) in [5, 5.41) is 14.8. The van der Waals surface area contributed by atoms with Crippen LogP contribution in [0.5, 0.6) is 0 Å². The Morgan fingerprint density at radius 2 is 1.78 bits per heavy atom. The lowest BCUT2D eigenvalue weighted by molar-refractivity contribution is 0.101. The van der Waals surface area contributed by atoms with Crippen molar-refractivity contribution in [1.82, 2.24) is 34.5 Å². The van der Waals surface area contributed by atoms with E-state index < -0.39 is 30.0 Å². The summed E-state index contributed by atoms with van der Waals surface area (Å²) in [4.78, 5) is 21.0. The number of carbonyl (C=O) groups excluding carboxylic acids is 1. The zero-order valence-electron chi connectivity index (χ0n) is 19.4. The van der Waals surface area contributed by atoms with Gasteiger partial charge in [0, 0.05) is 5.69 Å². The number of alkyl halides is 4. The second-order valence-electron chi connectivity index (χ2n) is 8.11. The molecule has 0 saturated carbocycles. The molecule has 0 radical (unpaired) electrons. The van der Waals surface area contributed by atoms with Gasteiger partial charge in [0.15, 0.2) is 17.4 Å². The molecule has 0 unspecified atom stereocenters. The molecule has 0 spiro atoms. The summed E-state index contributed by atoms with van der Waals surface area (Å²) >= 11 is 0. The van der Waals surface area contributed by atoms with Crippen LogP contribution in [0.25, 0.3) is 22.7 Å². The van der Waals surface area contributed by atoms with E-state index in [1.54, 1.807) is 28.8 Å². The molecule has 9 nitrogen and oxygen atoms in total. The van der Waals surface area contributed by atoms with Crippen LogP contribution in [0.4, 0.5) is 29.1 Å². The van der Waals surface area contributed by atoms with E-state index >= 15 is 0 Å². The maximum atomic E-state index is 13.7. The number of benzene rings is 1. The minimum Gasteiger partial charge on any atom is -0.339 e. The zero-order chi connectivity index (χ0) is 26.3. The molecule has 0 aliphatic carbocycles. The van der Waals surface area contributed by atoms with E-state index in [1.165, 1.54) is 25.4 Å². The van der Waals surface area contributed by atoms with E-state index in [0.717, 1.165) is 5.69 Å². The second kappa shape index (κ2) is 9.41. The lowest BCUT2D eigenvalue weighted by atomic mass is 10.2. The third-order valence-corrected chi connectivity index (χ3v) is 5.51. The number of nitrogens with one attached hydrogen (secondary N) is 1. The standard InChI is InChI=1S/C24H18F4N8O/c1-12-3-7-20(33-32-12)30-14-4-6-18-16(9-14)29-11-35(18)21-8-5-15(13(2)37)24(31-21)36-19(23(27)28)10-17(34-36)22(25)26/h3-11,22-23H,1-2H3,(H,30,33). The summed E-state index contributed by atoms with van der Waals surface area (Å²) in [6.07, 6.45) is -4.72. The number of hydrogen-bond donors (Lipinski definition) is 1. The van der Waals surface area contributed by atoms with Gasteiger partial charge in [-0.2, -0.15) is 10.2 Å². The van der Waals surface area contributed by atoms with E-state index in [0.29, 0.717) is 33.3 Å². The molecule has 4 aromatic heterocycles. The normalized spacial score (nSPS) is 11.6. The Hall–Kier alpha value is -4.68. The molecule has 4 heterocycles. The number of fused-ring (bicyclic) bond motifs is 1. The number of halogens is 4. The minimum absolute atomic E-state index is 0.0512. The number of aryl methyl sites for hydroxylation is 1. The number of pyridine rings is 1. The molecular weight excluding hydrogens is 492 g/mol. The molecule has 0 aliphatic heterocycles. The predicted molar refractivity (Wildman–Crippen MR) is 126 cm³/mol. The fourth-order valence-electron chi connectivity index (χ4n) is 3.74. The van der Waals surface area contributed by atoms with Gasteiger partial charge in [-0.3, -0.25) is 9.36 Å². The van der Waals surface area contributed by atoms with Crippen LogP contribution in [0, 0.1) is 6.92 Å². The predicted octanol–water partition coefficient (Wildman–Crippen LogP) is 5.53. The monoisotopic (exact) mass is 510 g/mol. The van der Waals surface area contributed by atoms with Gasteiger partial charge in [-0.15, -0.1) is 5.10 Å². The number of aromatic nitrogens is 7. The van der Waals surface area contributed by atoms with E-state index in [2.05, 4.69) is 30.6 Å². The Morgan fingerprint density at radius 3 is 2.46 bits per heavy atom. The Labute approximate surface area is 206 Å². The number of Topliss-reactive ketones (excluding diaryl/α,β-unsaturated/α-hetero) is 1. The van der Waals surface area contributed by atoms with Crippen LogP contribution >= 0.6 is 0 Å². The summed E-state index contributed by atoms with van der Waals surface area (Å²) in [5.74, 6) is -0.00582. The first-order chi connectivity index (χ1) is 17.7. The highest BCUT2D eigenvalue weighted by Gasteiger charge is 2.25. The van der Waals surface area contributed by atoms with Gasteiger partial charge in [0.1, 0.15) is 23.5 Å². The summed E-state index contributed by atoms with van der Waals surface area (Å²) in [7, 11) is 0. The maximum Gasteiger partial charge on any atom is 0.282 e. The molecule has 0 bridgehead atoms. The van der Waals surface area contributed by atoms with Crippen molar-refractivity contribution in [2.45, 2.75) is 26.7 Å². The van der Waals surface area contributed by atoms with Crippen LogP contribution in [0.15, 0.2) is 54.9 Å². The van der Waals surface area contributed by atoms with Gasteiger partial charge in [-0.05, 0) is 62.4 Å². The molecule has 0 fully saturated rings. The third kappa shape index (κ3) is 4.62. The summed E-state index contributed by atoms with van der Waals surface area (Å²) in [5.41, 5.74) is 0.993. The van der Waals surface area contributed by atoms with Crippen LogP contribution in [0.1, 0.15) is 47.2 Å². The lowest BCUT2D eigenvalue weighted by Gasteiger charge is -2.12. The average molecular weight is 510 g/mol. The number of ketones is 1. The highest BCUT2D eigenvalue weighted by Crippen LogP contribution is 2.29. The first-order valence-corrected chi connectivity index (χ1v) is 10.9. The molecule has 1 aromatic carbocycles. The molecule has 1 N–H and O–H groups in total. The number of nitrogens with zero attached hydrogens (tertiary/aromatic N) is 7. The fourth-order valence-corrected chi connectivity index (χ4v) is 3.74. The van der Waals surface area contributed by atoms with E-state index in [4.69, 9.17) is 0 Å². The molecule has 188 valence electrons. The van der Waals surface area contributed by atoms with Gasteiger partial charge in [0.25, 0.3) is 12.9 Å². The summed E-state index contributed by atoms with van der Waals surface area (Å²) < 4.78 is 56.0. The lowest BCUT2D eigenvalue weighted by Crippen LogP contribution is -2.13. The molecule has 0 atom stereocenters. The Balaban J connectivity index is 1.57. The minimum atomic E-state index is -3.12. The number of carbonyl (C=O) groups is 1. The van der Waals surface area contributed by atoms with Gasteiger partial charge in [0.2, 0.25) is 0 Å². The first kappa shape index (κ1) is 24.0. The van der Waals surface area contributed by atoms with Crippen LogP contribution in [0.2, 0.25) is 0 Å².